The average molecular weight is 372 g/mol. The van der Waals surface area contributed by atoms with Gasteiger partial charge in [-0.2, -0.15) is 8.75 Å². The molecule has 0 radical (unpaired) electrons. The highest BCUT2D eigenvalue weighted by atomic mass is 32.1. The quantitative estimate of drug-likeness (QED) is 0.863. The molecular weight excluding hydrogens is 346 g/mol. The molecule has 0 saturated heterocycles. The lowest BCUT2D eigenvalue weighted by atomic mass is 9.42. The van der Waals surface area contributed by atoms with Crippen LogP contribution in [0.3, 0.4) is 0 Å². The first kappa shape index (κ1) is 16.6. The molecule has 1 aromatic carbocycles. The van der Waals surface area contributed by atoms with Crippen LogP contribution >= 0.6 is 11.7 Å². The Labute approximate surface area is 157 Å². The Morgan fingerprint density at radius 2 is 2.08 bits per heavy atom. The van der Waals surface area contributed by atoms with Crippen LogP contribution in [0.25, 0.3) is 11.0 Å². The van der Waals surface area contributed by atoms with Gasteiger partial charge in [-0.05, 0) is 67.6 Å². The number of fused-ring (bicyclic) bond motifs is 1. The molecule has 2 aromatic rings. The summed E-state index contributed by atoms with van der Waals surface area (Å²) in [7, 11) is 0. The van der Waals surface area contributed by atoms with Crippen molar-refractivity contribution in [2.24, 2.45) is 16.7 Å². The van der Waals surface area contributed by atoms with Gasteiger partial charge in [0, 0.05) is 6.54 Å². The number of hydrogen-bond donors (Lipinski definition) is 2. The maximum absolute atomic E-state index is 13.2. The largest absolute Gasteiger partial charge is 0.390 e. The topological polar surface area (TPSA) is 75.1 Å². The summed E-state index contributed by atoms with van der Waals surface area (Å²) in [6.07, 6.45) is 6.54. The highest BCUT2D eigenvalue weighted by Crippen LogP contribution is 2.67. The van der Waals surface area contributed by atoms with Crippen molar-refractivity contribution in [2.45, 2.75) is 64.0 Å². The molecular formula is C20H25N3O2S. The maximum Gasteiger partial charge on any atom is 0.226 e. The lowest BCUT2D eigenvalue weighted by molar-refractivity contribution is -0.204. The third-order valence-corrected chi connectivity index (χ3v) is 7.71. The van der Waals surface area contributed by atoms with E-state index in [4.69, 9.17) is 0 Å². The van der Waals surface area contributed by atoms with Crippen LogP contribution in [0.2, 0.25) is 0 Å². The Balaban J connectivity index is 1.36. The molecule has 5 nitrogen and oxygen atoms in total. The molecule has 0 spiro atoms. The van der Waals surface area contributed by atoms with Crippen molar-refractivity contribution in [3.63, 3.8) is 0 Å². The summed E-state index contributed by atoms with van der Waals surface area (Å²) in [6.45, 7) is 2.73. The molecule has 4 aliphatic rings. The van der Waals surface area contributed by atoms with Gasteiger partial charge in [-0.1, -0.05) is 19.4 Å². The second-order valence-corrected chi connectivity index (χ2v) is 9.67. The van der Waals surface area contributed by atoms with Crippen LogP contribution in [0.1, 0.15) is 57.4 Å². The fourth-order valence-corrected chi connectivity index (χ4v) is 7.06. The first-order chi connectivity index (χ1) is 12.4. The zero-order valence-corrected chi connectivity index (χ0v) is 15.9. The lowest BCUT2D eigenvalue weighted by Gasteiger charge is -2.64. The van der Waals surface area contributed by atoms with Crippen LogP contribution in [0.5, 0.6) is 0 Å². The number of rotatable bonds is 4. The first-order valence-electron chi connectivity index (χ1n) is 9.65. The Bertz CT molecular complexity index is 883. The number of nitrogens with zero attached hydrogens (tertiary/aromatic N) is 2. The summed E-state index contributed by atoms with van der Waals surface area (Å²) in [5, 5.41) is 14.3. The van der Waals surface area contributed by atoms with E-state index in [2.05, 4.69) is 21.0 Å². The Morgan fingerprint density at radius 3 is 2.88 bits per heavy atom. The van der Waals surface area contributed by atoms with Crippen molar-refractivity contribution in [2.75, 3.05) is 0 Å². The van der Waals surface area contributed by atoms with Gasteiger partial charge >= 0.3 is 0 Å². The normalized spacial score (nSPS) is 38.0. The van der Waals surface area contributed by atoms with E-state index in [1.165, 1.54) is 18.1 Å². The molecule has 138 valence electrons. The molecule has 4 atom stereocenters. The fraction of sp³-hybridized carbons (Fsp3) is 0.650. The summed E-state index contributed by atoms with van der Waals surface area (Å²) in [5.41, 5.74) is 1.99. The molecule has 4 aliphatic carbocycles. The minimum absolute atomic E-state index is 0.134. The second kappa shape index (κ2) is 5.49. The summed E-state index contributed by atoms with van der Waals surface area (Å²) in [5.74, 6) is 0.633. The predicted molar refractivity (Wildman–Crippen MR) is 101 cm³/mol. The molecule has 4 saturated carbocycles. The second-order valence-electron chi connectivity index (χ2n) is 9.14. The number of nitrogens with one attached hydrogen (secondary N) is 1. The van der Waals surface area contributed by atoms with Crippen LogP contribution in [0.15, 0.2) is 18.2 Å². The molecule has 1 aromatic heterocycles. The van der Waals surface area contributed by atoms with Crippen molar-refractivity contribution < 1.29 is 9.90 Å². The van der Waals surface area contributed by atoms with Gasteiger partial charge in [0.1, 0.15) is 11.0 Å². The van der Waals surface area contributed by atoms with E-state index in [9.17, 15) is 9.90 Å². The Kier molecular flexibility index (Phi) is 3.51. The van der Waals surface area contributed by atoms with Gasteiger partial charge in [-0.15, -0.1) is 0 Å². The SMILES string of the molecule is CCC12CC3CC(O)(C1)CC(C(=O)NCc1ccc4nsnc4c1)(C3)C2. The van der Waals surface area contributed by atoms with E-state index in [1.54, 1.807) is 0 Å². The van der Waals surface area contributed by atoms with Gasteiger partial charge in [0.05, 0.1) is 22.7 Å². The number of aromatic nitrogens is 2. The van der Waals surface area contributed by atoms with Crippen molar-refractivity contribution in [1.82, 2.24) is 14.1 Å². The summed E-state index contributed by atoms with van der Waals surface area (Å²) < 4.78 is 8.50. The molecule has 4 unspecified atom stereocenters. The van der Waals surface area contributed by atoms with E-state index < -0.39 is 5.60 Å². The summed E-state index contributed by atoms with van der Waals surface area (Å²) in [6, 6.07) is 5.96. The number of carbonyl (C=O) groups excluding carboxylic acids is 1. The number of amides is 1. The molecule has 1 heterocycles. The highest BCUT2D eigenvalue weighted by molar-refractivity contribution is 7.00. The maximum atomic E-state index is 13.2. The van der Waals surface area contributed by atoms with Gasteiger partial charge in [0.25, 0.3) is 0 Å². The van der Waals surface area contributed by atoms with Crippen molar-refractivity contribution in [3.8, 4) is 0 Å². The molecule has 1 amide bonds. The Morgan fingerprint density at radius 1 is 1.23 bits per heavy atom. The van der Waals surface area contributed by atoms with E-state index in [1.807, 2.05) is 18.2 Å². The van der Waals surface area contributed by atoms with Crippen molar-refractivity contribution in [1.29, 1.82) is 0 Å². The minimum atomic E-state index is -0.627. The van der Waals surface area contributed by atoms with Gasteiger partial charge < -0.3 is 10.4 Å². The van der Waals surface area contributed by atoms with Gasteiger partial charge in [0.2, 0.25) is 5.91 Å². The average Bonchev–Trinajstić information content (AvgIpc) is 3.05. The first-order valence-corrected chi connectivity index (χ1v) is 10.4. The molecule has 4 bridgehead atoms. The lowest BCUT2D eigenvalue weighted by Crippen LogP contribution is -2.63. The fourth-order valence-electron chi connectivity index (χ4n) is 6.54. The van der Waals surface area contributed by atoms with Crippen LogP contribution < -0.4 is 5.32 Å². The summed E-state index contributed by atoms with van der Waals surface area (Å²) >= 11 is 1.21. The van der Waals surface area contributed by atoms with Gasteiger partial charge in [-0.3, -0.25) is 4.79 Å². The molecule has 0 aliphatic heterocycles. The van der Waals surface area contributed by atoms with E-state index in [0.29, 0.717) is 18.9 Å². The molecule has 4 fully saturated rings. The standard InChI is InChI=1S/C20H25N3O2S/c1-2-18-6-14-7-19(10-18,12-20(25,8-14)11-18)17(24)21-9-13-3-4-15-16(5-13)23-26-22-15/h3-5,14,25H,2,6-12H2,1H3,(H,21,24). The number of aliphatic hydroxyl groups is 1. The van der Waals surface area contributed by atoms with Crippen molar-refractivity contribution >= 4 is 28.7 Å². The predicted octanol–water partition coefficient (Wildman–Crippen LogP) is 3.42. The number of carbonyl (C=O) groups is 1. The summed E-state index contributed by atoms with van der Waals surface area (Å²) in [4.78, 5) is 13.2. The third-order valence-electron chi connectivity index (χ3n) is 7.16. The molecule has 6 rings (SSSR count). The van der Waals surface area contributed by atoms with Gasteiger partial charge in [-0.25, -0.2) is 0 Å². The number of benzene rings is 1. The number of hydrogen-bond acceptors (Lipinski definition) is 5. The van der Waals surface area contributed by atoms with Crippen LogP contribution in [-0.4, -0.2) is 25.4 Å². The highest BCUT2D eigenvalue weighted by Gasteiger charge is 2.64. The van der Waals surface area contributed by atoms with Crippen molar-refractivity contribution in [3.05, 3.63) is 23.8 Å². The van der Waals surface area contributed by atoms with E-state index in [0.717, 1.165) is 48.7 Å². The monoisotopic (exact) mass is 371 g/mol. The van der Waals surface area contributed by atoms with Crippen LogP contribution in [0, 0.1) is 16.7 Å². The molecule has 6 heteroatoms. The molecule has 26 heavy (non-hydrogen) atoms. The minimum Gasteiger partial charge on any atom is -0.390 e. The van der Waals surface area contributed by atoms with Crippen LogP contribution in [-0.2, 0) is 11.3 Å². The van der Waals surface area contributed by atoms with Gasteiger partial charge in [0.15, 0.2) is 0 Å². The van der Waals surface area contributed by atoms with E-state index >= 15 is 0 Å². The zero-order chi connectivity index (χ0) is 18.0. The van der Waals surface area contributed by atoms with Crippen LogP contribution in [0.4, 0.5) is 0 Å². The Hall–Kier alpha value is -1.53. The smallest absolute Gasteiger partial charge is 0.226 e. The van der Waals surface area contributed by atoms with E-state index in [-0.39, 0.29) is 16.7 Å². The zero-order valence-electron chi connectivity index (χ0n) is 15.1. The third kappa shape index (κ3) is 2.49. The molecule has 2 N–H and O–H groups in total.